The lowest BCUT2D eigenvalue weighted by Gasteiger charge is -2.11. The van der Waals surface area contributed by atoms with Crippen LogP contribution < -0.4 is 10.6 Å². The van der Waals surface area contributed by atoms with Gasteiger partial charge in [0, 0.05) is 18.3 Å². The lowest BCUT2D eigenvalue weighted by molar-refractivity contribution is -0.109. The summed E-state index contributed by atoms with van der Waals surface area (Å²) in [4.78, 5) is 48.0. The Morgan fingerprint density at radius 2 is 1.96 bits per heavy atom. The molecule has 0 radical (unpaired) electrons. The Labute approximate surface area is 164 Å². The zero-order valence-corrected chi connectivity index (χ0v) is 15.6. The summed E-state index contributed by atoms with van der Waals surface area (Å²) < 4.78 is 4.97. The molecule has 0 aliphatic heterocycles. The van der Waals surface area contributed by atoms with Crippen molar-refractivity contribution < 1.29 is 23.7 Å². The van der Waals surface area contributed by atoms with E-state index in [1.54, 1.807) is 30.3 Å². The van der Waals surface area contributed by atoms with Crippen molar-refractivity contribution >= 4 is 41.3 Å². The van der Waals surface area contributed by atoms with Crippen LogP contribution in [0.3, 0.4) is 0 Å². The average Bonchev–Trinajstić information content (AvgIpc) is 3.15. The highest BCUT2D eigenvalue weighted by molar-refractivity contribution is 8.04. The van der Waals surface area contributed by atoms with Crippen LogP contribution >= 0.6 is 11.8 Å². The Balaban J connectivity index is 1.70. The molecule has 0 bridgehead atoms. The molecule has 0 unspecified atom stereocenters. The Morgan fingerprint density at radius 3 is 2.71 bits per heavy atom. The van der Waals surface area contributed by atoms with E-state index in [0.717, 1.165) is 12.8 Å². The number of hydrogen-bond donors (Lipinski definition) is 2. The molecule has 1 aromatic carbocycles. The van der Waals surface area contributed by atoms with E-state index < -0.39 is 17.5 Å². The van der Waals surface area contributed by atoms with Gasteiger partial charge in [-0.3, -0.25) is 19.2 Å². The highest BCUT2D eigenvalue weighted by atomic mass is 32.2. The molecule has 2 amide bonds. The number of allylic oxidation sites excluding steroid dienone is 2. The van der Waals surface area contributed by atoms with Gasteiger partial charge < -0.3 is 15.2 Å². The maximum atomic E-state index is 12.8. The first-order chi connectivity index (χ1) is 13.6. The summed E-state index contributed by atoms with van der Waals surface area (Å²) in [5.41, 5.74) is 0.220. The van der Waals surface area contributed by atoms with Gasteiger partial charge in [-0.1, -0.05) is 23.4 Å². The smallest absolute Gasteiger partial charge is 0.278 e. The van der Waals surface area contributed by atoms with Crippen molar-refractivity contribution in [2.45, 2.75) is 12.8 Å². The van der Waals surface area contributed by atoms with Gasteiger partial charge in [-0.25, -0.2) is 0 Å². The number of rotatable bonds is 9. The Kier molecular flexibility index (Phi) is 6.38. The number of amides is 2. The highest BCUT2D eigenvalue weighted by Gasteiger charge is 2.36. The van der Waals surface area contributed by atoms with Gasteiger partial charge in [0.1, 0.15) is 5.56 Å². The van der Waals surface area contributed by atoms with E-state index in [-0.39, 0.29) is 21.9 Å². The third-order valence-electron chi connectivity index (χ3n) is 3.93. The number of anilines is 1. The van der Waals surface area contributed by atoms with Crippen molar-refractivity contribution in [1.82, 2.24) is 10.5 Å². The fraction of sp³-hybridized carbons (Fsp3) is 0.211. The molecular weight excluding hydrogens is 382 g/mol. The number of hydrogen-bond acceptors (Lipinski definition) is 7. The molecule has 3 rings (SSSR count). The molecule has 144 valence electrons. The first kappa shape index (κ1) is 19.6. The first-order valence-corrected chi connectivity index (χ1v) is 9.57. The number of unbranched alkanes of at least 4 members (excludes halogenated alkanes) is 1. The van der Waals surface area contributed by atoms with Crippen molar-refractivity contribution in [3.63, 3.8) is 0 Å². The molecule has 1 heterocycles. The monoisotopic (exact) mass is 399 g/mol. The second-order valence-electron chi connectivity index (χ2n) is 5.88. The maximum absolute atomic E-state index is 12.8. The molecule has 0 fully saturated rings. The van der Waals surface area contributed by atoms with Crippen LogP contribution in [0.2, 0.25) is 0 Å². The summed E-state index contributed by atoms with van der Waals surface area (Å²) in [5, 5.41) is 8.84. The van der Waals surface area contributed by atoms with Crippen molar-refractivity contribution in [3.05, 3.63) is 58.3 Å². The summed E-state index contributed by atoms with van der Waals surface area (Å²) in [6.45, 7) is 0.551. The summed E-state index contributed by atoms with van der Waals surface area (Å²) in [7, 11) is 0. The Morgan fingerprint density at radius 1 is 1.18 bits per heavy atom. The molecule has 2 aromatic rings. The minimum absolute atomic E-state index is 0.106. The van der Waals surface area contributed by atoms with Crippen LogP contribution in [0, 0.1) is 0 Å². The van der Waals surface area contributed by atoms with E-state index in [2.05, 4.69) is 15.8 Å². The van der Waals surface area contributed by atoms with Crippen molar-refractivity contribution in [1.29, 1.82) is 0 Å². The number of carbonyl (C=O) groups excluding carboxylic acids is 4. The van der Waals surface area contributed by atoms with E-state index >= 15 is 0 Å². The number of ketones is 2. The number of nitrogens with zero attached hydrogens (tertiary/aromatic N) is 1. The molecule has 1 aromatic heterocycles. The van der Waals surface area contributed by atoms with Crippen LogP contribution in [0.15, 0.2) is 45.8 Å². The molecular formula is C19H17N3O5S. The minimum Gasteiger partial charge on any atom is -0.359 e. The van der Waals surface area contributed by atoms with Crippen LogP contribution in [0.1, 0.15) is 44.2 Å². The number of Topliss-reactive ketones (excluding diaryl/α,β-unsaturated/α-hetero) is 1. The quantitative estimate of drug-likeness (QED) is 0.491. The third kappa shape index (κ3) is 4.37. The topological polar surface area (TPSA) is 118 Å². The van der Waals surface area contributed by atoms with Crippen molar-refractivity contribution in [2.24, 2.45) is 0 Å². The van der Waals surface area contributed by atoms with Crippen molar-refractivity contribution in [3.8, 4) is 0 Å². The van der Waals surface area contributed by atoms with E-state index in [1.165, 1.54) is 17.8 Å². The normalized spacial score (nSPS) is 12.9. The molecule has 9 heteroatoms. The molecule has 2 N–H and O–H groups in total. The number of carbonyl (C=O) groups is 4. The van der Waals surface area contributed by atoms with E-state index in [4.69, 9.17) is 4.52 Å². The summed E-state index contributed by atoms with van der Waals surface area (Å²) in [6, 6.07) is 8.70. The average molecular weight is 399 g/mol. The van der Waals surface area contributed by atoms with Crippen LogP contribution in [0.25, 0.3) is 0 Å². The predicted octanol–water partition coefficient (Wildman–Crippen LogP) is 2.45. The number of thioether (sulfide) groups is 1. The molecule has 0 saturated carbocycles. The number of fused-ring (bicyclic) bond motifs is 1. The molecule has 0 saturated heterocycles. The SMILES string of the molecule is O=CNCCCCSC1=CC(=O)c2onc(C(=O)Nc3ccccc3)c2C1=O. The van der Waals surface area contributed by atoms with E-state index in [0.29, 0.717) is 24.4 Å². The molecule has 1 aliphatic carbocycles. The molecule has 8 nitrogen and oxygen atoms in total. The van der Waals surface area contributed by atoms with Gasteiger partial charge in [-0.15, -0.1) is 11.8 Å². The van der Waals surface area contributed by atoms with Crippen LogP contribution in [0.4, 0.5) is 5.69 Å². The lowest BCUT2D eigenvalue weighted by Crippen LogP contribution is -2.20. The predicted molar refractivity (Wildman–Crippen MR) is 103 cm³/mol. The highest BCUT2D eigenvalue weighted by Crippen LogP contribution is 2.31. The second-order valence-corrected chi connectivity index (χ2v) is 7.02. The number of benzene rings is 1. The number of aromatic nitrogens is 1. The van der Waals surface area contributed by atoms with Gasteiger partial charge >= 0.3 is 0 Å². The molecule has 0 spiro atoms. The van der Waals surface area contributed by atoms with Gasteiger partial charge in [-0.2, -0.15) is 0 Å². The fourth-order valence-corrected chi connectivity index (χ4v) is 3.58. The van der Waals surface area contributed by atoms with Crippen LogP contribution in [0.5, 0.6) is 0 Å². The Hall–Kier alpha value is -3.20. The van der Waals surface area contributed by atoms with Gasteiger partial charge in [-0.05, 0) is 30.7 Å². The number of nitrogens with one attached hydrogen (secondary N) is 2. The third-order valence-corrected chi connectivity index (χ3v) is 5.04. The van der Waals surface area contributed by atoms with Gasteiger partial charge in [0.25, 0.3) is 5.91 Å². The largest absolute Gasteiger partial charge is 0.359 e. The van der Waals surface area contributed by atoms with Gasteiger partial charge in [0.05, 0.1) is 4.91 Å². The van der Waals surface area contributed by atoms with Crippen molar-refractivity contribution in [2.75, 3.05) is 17.6 Å². The molecule has 1 aliphatic rings. The summed E-state index contributed by atoms with van der Waals surface area (Å²) in [6.07, 6.45) is 3.35. The number of para-hydroxylation sites is 1. The minimum atomic E-state index is -0.622. The van der Waals surface area contributed by atoms with E-state index in [1.807, 2.05) is 0 Å². The second kappa shape index (κ2) is 9.14. The van der Waals surface area contributed by atoms with E-state index in [9.17, 15) is 19.2 Å². The molecule has 0 atom stereocenters. The molecule has 28 heavy (non-hydrogen) atoms. The lowest BCUT2D eigenvalue weighted by atomic mass is 9.99. The summed E-state index contributed by atoms with van der Waals surface area (Å²) >= 11 is 1.23. The fourth-order valence-electron chi connectivity index (χ4n) is 2.59. The van der Waals surface area contributed by atoms with Gasteiger partial charge in [0.15, 0.2) is 5.69 Å². The maximum Gasteiger partial charge on any atom is 0.278 e. The summed E-state index contributed by atoms with van der Waals surface area (Å²) in [5.74, 6) is -1.19. The zero-order valence-electron chi connectivity index (χ0n) is 14.8. The zero-order chi connectivity index (χ0) is 19.9. The standard InChI is InChI=1S/C19H17N3O5S/c23-11-20-8-4-5-9-28-14-10-13(24)18-15(17(14)25)16(22-27-18)19(26)21-12-6-2-1-3-7-12/h1-3,6-7,10-11H,4-5,8-9H2,(H,20,23)(H,21,26). The van der Waals surface area contributed by atoms with Crippen LogP contribution in [-0.4, -0.2) is 41.3 Å². The Bertz CT molecular complexity index is 936. The van der Waals surface area contributed by atoms with Crippen LogP contribution in [-0.2, 0) is 4.79 Å². The van der Waals surface area contributed by atoms with Gasteiger partial charge in [0.2, 0.25) is 23.7 Å². The first-order valence-electron chi connectivity index (χ1n) is 8.58.